The molecule has 3 N–H and O–H groups in total. The molecule has 0 aliphatic heterocycles. The van der Waals surface area contributed by atoms with Gasteiger partial charge in [-0.05, 0) is 130 Å². The maximum atomic E-state index is 12.8. The van der Waals surface area contributed by atoms with E-state index in [1.54, 1.807) is 7.05 Å². The molecule has 57 heavy (non-hydrogen) atoms. The monoisotopic (exact) mass is 798 g/mol. The molecule has 330 valence electrons. The lowest BCUT2D eigenvalue weighted by Crippen LogP contribution is -2.54. The molecule has 0 radical (unpaired) electrons. The number of carbonyl (C=O) groups is 3. The summed E-state index contributed by atoms with van der Waals surface area (Å²) >= 11 is 0. The molecular weight excluding hydrogens is 707 g/mol. The van der Waals surface area contributed by atoms with Crippen molar-refractivity contribution < 1.29 is 19.1 Å². The van der Waals surface area contributed by atoms with Gasteiger partial charge in [-0.1, -0.05) is 130 Å². The van der Waals surface area contributed by atoms with Gasteiger partial charge in [0.1, 0.15) is 6.10 Å². The number of ether oxygens (including phenoxy) is 1. The van der Waals surface area contributed by atoms with Crippen LogP contribution < -0.4 is 16.0 Å². The molecular formula is C50H91N3O4. The molecule has 0 aromatic rings. The summed E-state index contributed by atoms with van der Waals surface area (Å²) in [4.78, 5) is 36.9. The van der Waals surface area contributed by atoms with E-state index in [0.29, 0.717) is 48.0 Å². The summed E-state index contributed by atoms with van der Waals surface area (Å²) in [6, 6.07) is 0. The van der Waals surface area contributed by atoms with E-state index in [1.807, 2.05) is 0 Å². The summed E-state index contributed by atoms with van der Waals surface area (Å²) in [5.41, 5.74) is 0.772. The van der Waals surface area contributed by atoms with Crippen LogP contribution in [0.3, 0.4) is 0 Å². The Morgan fingerprint density at radius 2 is 1.18 bits per heavy atom. The fourth-order valence-electron chi connectivity index (χ4n) is 12.9. The van der Waals surface area contributed by atoms with Gasteiger partial charge in [-0.25, -0.2) is 4.79 Å². The smallest absolute Gasteiger partial charge is 0.407 e. The first-order chi connectivity index (χ1) is 27.6. The predicted molar refractivity (Wildman–Crippen MR) is 237 cm³/mol. The Labute approximate surface area is 351 Å². The van der Waals surface area contributed by atoms with Crippen molar-refractivity contribution in [1.82, 2.24) is 16.0 Å². The first-order valence-electron chi connectivity index (χ1n) is 25.0. The summed E-state index contributed by atoms with van der Waals surface area (Å²) < 4.78 is 6.07. The summed E-state index contributed by atoms with van der Waals surface area (Å²) in [5, 5.41) is 8.90. The SMILES string of the molecule is CCCCCCCCCCCCCCCCCCNC(=O)O[C@@H]1CC[C@@]2(C)C(CCC3C4CCC(C(C)CCC(=O)NCCCCCC(=O)NC)[C@@]4(C)CCC32)C1. The highest BCUT2D eigenvalue weighted by Gasteiger charge is 2.60. The molecule has 7 heteroatoms. The van der Waals surface area contributed by atoms with Gasteiger partial charge in [-0.3, -0.25) is 9.59 Å². The number of amides is 3. The Bertz CT molecular complexity index is 1160. The predicted octanol–water partition coefficient (Wildman–Crippen LogP) is 12.8. The first kappa shape index (κ1) is 47.9. The van der Waals surface area contributed by atoms with E-state index in [2.05, 4.69) is 43.6 Å². The van der Waals surface area contributed by atoms with Crippen molar-refractivity contribution in [3.05, 3.63) is 0 Å². The van der Waals surface area contributed by atoms with Crippen LogP contribution in [0.5, 0.6) is 0 Å². The van der Waals surface area contributed by atoms with Crippen molar-refractivity contribution in [2.75, 3.05) is 20.1 Å². The standard InChI is InChI=1S/C50H91N3O4/c1-6-7-8-9-10-11-12-13-14-15-16-17-18-19-20-23-37-53-48(56)57-41-32-34-49(3)40(38-41)27-28-42-44-30-29-43(50(44,4)35-33-45(42)49)39(2)26-31-47(55)52-36-24-21-22-25-46(54)51-5/h39-45H,6-38H2,1-5H3,(H,51,54)(H,52,55)(H,53,56)/t39?,40?,41-,42?,43?,44?,45?,49+,50-/m1/s1. The summed E-state index contributed by atoms with van der Waals surface area (Å²) in [7, 11) is 1.68. The van der Waals surface area contributed by atoms with Gasteiger partial charge in [0.05, 0.1) is 0 Å². The number of hydrogen-bond donors (Lipinski definition) is 3. The Morgan fingerprint density at radius 3 is 1.81 bits per heavy atom. The second-order valence-electron chi connectivity index (χ2n) is 20.3. The first-order valence-corrected chi connectivity index (χ1v) is 25.0. The molecule has 4 aliphatic rings. The fourth-order valence-corrected chi connectivity index (χ4v) is 12.9. The minimum atomic E-state index is -0.190. The molecule has 4 saturated carbocycles. The molecule has 0 aromatic carbocycles. The third-order valence-electron chi connectivity index (χ3n) is 16.5. The number of hydrogen-bond acceptors (Lipinski definition) is 4. The van der Waals surface area contributed by atoms with Crippen molar-refractivity contribution in [3.63, 3.8) is 0 Å². The normalized spacial score (nSPS) is 29.8. The van der Waals surface area contributed by atoms with E-state index in [9.17, 15) is 14.4 Å². The highest BCUT2D eigenvalue weighted by atomic mass is 16.6. The van der Waals surface area contributed by atoms with E-state index in [0.717, 1.165) is 69.2 Å². The molecule has 7 nitrogen and oxygen atoms in total. The molecule has 3 amide bonds. The van der Waals surface area contributed by atoms with Crippen molar-refractivity contribution >= 4 is 17.9 Å². The molecule has 4 rings (SSSR count). The number of carbonyl (C=O) groups excluding carboxylic acids is 3. The Morgan fingerprint density at radius 1 is 0.614 bits per heavy atom. The molecule has 0 spiro atoms. The van der Waals surface area contributed by atoms with Crippen LogP contribution in [0.2, 0.25) is 0 Å². The van der Waals surface area contributed by atoms with Gasteiger partial charge in [0.15, 0.2) is 0 Å². The lowest BCUT2D eigenvalue weighted by molar-refractivity contribution is -0.130. The number of unbranched alkanes of at least 4 members (excludes halogenated alkanes) is 17. The summed E-state index contributed by atoms with van der Waals surface area (Å²) in [5.74, 6) is 4.68. The molecule has 0 aromatic heterocycles. The average molecular weight is 798 g/mol. The van der Waals surface area contributed by atoms with Crippen LogP contribution in [0.25, 0.3) is 0 Å². The Hall–Kier alpha value is -1.79. The Kier molecular flexibility index (Phi) is 21.6. The molecule has 4 fully saturated rings. The van der Waals surface area contributed by atoms with Gasteiger partial charge in [0.2, 0.25) is 11.8 Å². The number of fused-ring (bicyclic) bond motifs is 5. The molecule has 0 heterocycles. The fraction of sp³-hybridized carbons (Fsp3) is 0.940. The number of rotatable bonds is 28. The highest BCUT2D eigenvalue weighted by Crippen LogP contribution is 2.68. The zero-order valence-corrected chi connectivity index (χ0v) is 38.0. The lowest BCUT2D eigenvalue weighted by atomic mass is 9.44. The maximum absolute atomic E-state index is 12.8. The van der Waals surface area contributed by atoms with Gasteiger partial charge in [0, 0.05) is 33.0 Å². The molecule has 9 atom stereocenters. The van der Waals surface area contributed by atoms with Gasteiger partial charge >= 0.3 is 6.09 Å². The number of nitrogens with one attached hydrogen (secondary N) is 3. The van der Waals surface area contributed by atoms with Crippen LogP contribution in [0.4, 0.5) is 4.79 Å². The van der Waals surface area contributed by atoms with Crippen molar-refractivity contribution in [2.24, 2.45) is 46.3 Å². The molecule has 6 unspecified atom stereocenters. The van der Waals surface area contributed by atoms with Crippen molar-refractivity contribution in [3.8, 4) is 0 Å². The average Bonchev–Trinajstić information content (AvgIpc) is 3.56. The van der Waals surface area contributed by atoms with E-state index < -0.39 is 0 Å². The second kappa shape index (κ2) is 25.7. The summed E-state index contributed by atoms with van der Waals surface area (Å²) in [6.45, 7) is 11.4. The van der Waals surface area contributed by atoms with Crippen LogP contribution in [0, 0.1) is 46.3 Å². The minimum absolute atomic E-state index is 0.0715. The zero-order chi connectivity index (χ0) is 40.9. The molecule has 4 aliphatic carbocycles. The molecule has 0 bridgehead atoms. The third kappa shape index (κ3) is 15.0. The van der Waals surface area contributed by atoms with E-state index in [1.165, 1.54) is 141 Å². The van der Waals surface area contributed by atoms with Gasteiger partial charge in [0.25, 0.3) is 0 Å². The lowest BCUT2D eigenvalue weighted by Gasteiger charge is -2.61. The van der Waals surface area contributed by atoms with Crippen LogP contribution in [-0.4, -0.2) is 44.1 Å². The van der Waals surface area contributed by atoms with Crippen molar-refractivity contribution in [2.45, 2.75) is 233 Å². The van der Waals surface area contributed by atoms with Crippen LogP contribution in [-0.2, 0) is 14.3 Å². The zero-order valence-electron chi connectivity index (χ0n) is 38.0. The van der Waals surface area contributed by atoms with Crippen LogP contribution in [0.15, 0.2) is 0 Å². The largest absolute Gasteiger partial charge is 0.446 e. The summed E-state index contributed by atoms with van der Waals surface area (Å²) in [6.07, 6.45) is 37.9. The van der Waals surface area contributed by atoms with Gasteiger partial charge in [-0.2, -0.15) is 0 Å². The van der Waals surface area contributed by atoms with Crippen molar-refractivity contribution in [1.29, 1.82) is 0 Å². The Balaban J connectivity index is 1.05. The van der Waals surface area contributed by atoms with Crippen LogP contribution >= 0.6 is 0 Å². The second-order valence-corrected chi connectivity index (χ2v) is 20.3. The van der Waals surface area contributed by atoms with E-state index >= 15 is 0 Å². The third-order valence-corrected chi connectivity index (χ3v) is 16.5. The van der Waals surface area contributed by atoms with Gasteiger partial charge in [-0.15, -0.1) is 0 Å². The quantitative estimate of drug-likeness (QED) is 0.0687. The van der Waals surface area contributed by atoms with E-state index in [4.69, 9.17) is 4.74 Å². The number of alkyl carbamates (subject to hydrolysis) is 1. The van der Waals surface area contributed by atoms with Gasteiger partial charge < -0.3 is 20.7 Å². The molecule has 0 saturated heterocycles. The maximum Gasteiger partial charge on any atom is 0.407 e. The topological polar surface area (TPSA) is 96.5 Å². The minimum Gasteiger partial charge on any atom is -0.446 e. The van der Waals surface area contributed by atoms with E-state index in [-0.39, 0.29) is 24.0 Å². The highest BCUT2D eigenvalue weighted by molar-refractivity contribution is 5.76. The van der Waals surface area contributed by atoms with Crippen LogP contribution in [0.1, 0.15) is 227 Å².